The molecule has 0 unspecified atom stereocenters. The van der Waals surface area contributed by atoms with Gasteiger partial charge in [0.1, 0.15) is 5.82 Å². The average Bonchev–Trinajstić information content (AvgIpc) is 2.87. The van der Waals surface area contributed by atoms with Crippen LogP contribution in [-0.4, -0.2) is 47.5 Å². The Morgan fingerprint density at radius 3 is 3.00 bits per heavy atom. The third-order valence-corrected chi connectivity index (χ3v) is 3.82. The second-order valence-electron chi connectivity index (χ2n) is 5.54. The lowest BCUT2D eigenvalue weighted by Crippen LogP contribution is -2.31. The summed E-state index contributed by atoms with van der Waals surface area (Å²) in [6, 6.07) is 0. The van der Waals surface area contributed by atoms with Crippen molar-refractivity contribution >= 4 is 17.5 Å². The number of nitrogens with one attached hydrogen (secondary N) is 1. The monoisotopic (exact) mass is 296 g/mol. The predicted octanol–water partition coefficient (Wildman–Crippen LogP) is 1.93. The van der Waals surface area contributed by atoms with Gasteiger partial charge in [-0.2, -0.15) is 0 Å². The van der Waals surface area contributed by atoms with E-state index in [4.69, 9.17) is 11.6 Å². The molecule has 0 saturated carbocycles. The summed E-state index contributed by atoms with van der Waals surface area (Å²) in [6.07, 6.45) is 2.55. The SMILES string of the molecule is CNC[C@H]1CCN(C(=O)c2nc(C(C)C)ncc2Cl)C1. The average molecular weight is 297 g/mol. The van der Waals surface area contributed by atoms with Crippen molar-refractivity contribution in [3.05, 3.63) is 22.7 Å². The van der Waals surface area contributed by atoms with E-state index in [-0.39, 0.29) is 11.8 Å². The highest BCUT2D eigenvalue weighted by molar-refractivity contribution is 6.33. The fourth-order valence-electron chi connectivity index (χ4n) is 2.43. The topological polar surface area (TPSA) is 58.1 Å². The third kappa shape index (κ3) is 3.27. The highest BCUT2D eigenvalue weighted by Gasteiger charge is 2.28. The molecule has 1 N–H and O–H groups in total. The second kappa shape index (κ2) is 6.50. The van der Waals surface area contributed by atoms with Crippen LogP contribution in [0.1, 0.15) is 42.5 Å². The summed E-state index contributed by atoms with van der Waals surface area (Å²) in [6.45, 7) is 6.45. The van der Waals surface area contributed by atoms with Crippen LogP contribution in [0.3, 0.4) is 0 Å². The van der Waals surface area contributed by atoms with Crippen molar-refractivity contribution in [2.75, 3.05) is 26.7 Å². The molecule has 0 aromatic carbocycles. The summed E-state index contributed by atoms with van der Waals surface area (Å²) in [7, 11) is 1.93. The Bertz CT molecular complexity index is 492. The van der Waals surface area contributed by atoms with E-state index in [0.717, 1.165) is 26.1 Å². The van der Waals surface area contributed by atoms with E-state index in [1.165, 1.54) is 6.20 Å². The van der Waals surface area contributed by atoms with Gasteiger partial charge in [0.15, 0.2) is 5.69 Å². The van der Waals surface area contributed by atoms with Gasteiger partial charge in [0.2, 0.25) is 0 Å². The lowest BCUT2D eigenvalue weighted by atomic mass is 10.1. The molecule has 110 valence electrons. The van der Waals surface area contributed by atoms with Crippen molar-refractivity contribution in [3.63, 3.8) is 0 Å². The number of hydrogen-bond donors (Lipinski definition) is 1. The molecule has 2 rings (SSSR count). The summed E-state index contributed by atoms with van der Waals surface area (Å²) in [5, 5.41) is 3.48. The summed E-state index contributed by atoms with van der Waals surface area (Å²) in [5.74, 6) is 1.25. The second-order valence-corrected chi connectivity index (χ2v) is 5.95. The van der Waals surface area contributed by atoms with E-state index < -0.39 is 0 Å². The number of aromatic nitrogens is 2. The number of hydrogen-bond acceptors (Lipinski definition) is 4. The lowest BCUT2D eigenvalue weighted by molar-refractivity contribution is 0.0781. The van der Waals surface area contributed by atoms with Crippen molar-refractivity contribution in [1.82, 2.24) is 20.2 Å². The Kier molecular flexibility index (Phi) is 4.94. The molecule has 1 aliphatic rings. The van der Waals surface area contributed by atoms with Gasteiger partial charge >= 0.3 is 0 Å². The molecule has 0 spiro atoms. The van der Waals surface area contributed by atoms with Crippen molar-refractivity contribution in [2.45, 2.75) is 26.2 Å². The largest absolute Gasteiger partial charge is 0.337 e. The number of amides is 1. The van der Waals surface area contributed by atoms with E-state index in [1.807, 2.05) is 25.8 Å². The molecule has 0 aliphatic carbocycles. The Hall–Kier alpha value is -1.20. The smallest absolute Gasteiger partial charge is 0.274 e. The van der Waals surface area contributed by atoms with Crippen molar-refractivity contribution in [3.8, 4) is 0 Å². The predicted molar refractivity (Wildman–Crippen MR) is 79.1 cm³/mol. The summed E-state index contributed by atoms with van der Waals surface area (Å²) in [4.78, 5) is 22.9. The van der Waals surface area contributed by atoms with Crippen LogP contribution < -0.4 is 5.32 Å². The van der Waals surface area contributed by atoms with Crippen molar-refractivity contribution < 1.29 is 4.79 Å². The fourth-order valence-corrected chi connectivity index (χ4v) is 2.60. The molecule has 0 bridgehead atoms. The molecule has 0 radical (unpaired) electrons. The van der Waals surface area contributed by atoms with E-state index >= 15 is 0 Å². The Morgan fingerprint density at radius 1 is 1.60 bits per heavy atom. The van der Waals surface area contributed by atoms with Gasteiger partial charge in [-0.1, -0.05) is 25.4 Å². The molecule has 5 nitrogen and oxygen atoms in total. The molecule has 1 aromatic heterocycles. The standard InChI is InChI=1S/C14H21ClN4O/c1-9(2)13-17-7-11(15)12(18-13)14(20)19-5-4-10(8-19)6-16-3/h7,9-10,16H,4-6,8H2,1-3H3/t10-/m1/s1. The van der Waals surface area contributed by atoms with Gasteiger partial charge in [0, 0.05) is 19.0 Å². The highest BCUT2D eigenvalue weighted by Crippen LogP contribution is 2.22. The molecule has 1 aromatic rings. The molecule has 1 atom stereocenters. The number of halogens is 1. The maximum atomic E-state index is 12.5. The first-order valence-electron chi connectivity index (χ1n) is 6.99. The Morgan fingerprint density at radius 2 is 2.35 bits per heavy atom. The zero-order chi connectivity index (χ0) is 14.7. The molecule has 2 heterocycles. The van der Waals surface area contributed by atoms with Crippen LogP contribution >= 0.6 is 11.6 Å². The van der Waals surface area contributed by atoms with Crippen LogP contribution in [0.15, 0.2) is 6.20 Å². The van der Waals surface area contributed by atoms with Crippen LogP contribution in [0.25, 0.3) is 0 Å². The number of likely N-dealkylation sites (tertiary alicyclic amines) is 1. The first-order chi connectivity index (χ1) is 9.52. The van der Waals surface area contributed by atoms with E-state index in [2.05, 4.69) is 15.3 Å². The minimum atomic E-state index is -0.0853. The number of carbonyl (C=O) groups is 1. The van der Waals surface area contributed by atoms with Gasteiger partial charge in [-0.15, -0.1) is 0 Å². The van der Waals surface area contributed by atoms with Gasteiger partial charge in [-0.25, -0.2) is 9.97 Å². The maximum Gasteiger partial charge on any atom is 0.274 e. The zero-order valence-corrected chi connectivity index (χ0v) is 12.9. The molecular weight excluding hydrogens is 276 g/mol. The highest BCUT2D eigenvalue weighted by atomic mass is 35.5. The quantitative estimate of drug-likeness (QED) is 0.922. The molecular formula is C14H21ClN4O. The van der Waals surface area contributed by atoms with E-state index in [9.17, 15) is 4.79 Å². The molecule has 1 amide bonds. The van der Waals surface area contributed by atoms with Gasteiger partial charge in [-0.05, 0) is 25.9 Å². The van der Waals surface area contributed by atoms with Crippen molar-refractivity contribution in [2.24, 2.45) is 5.92 Å². The van der Waals surface area contributed by atoms with Gasteiger partial charge < -0.3 is 10.2 Å². The van der Waals surface area contributed by atoms with Crippen LogP contribution in [0, 0.1) is 5.92 Å². The third-order valence-electron chi connectivity index (χ3n) is 3.55. The summed E-state index contributed by atoms with van der Waals surface area (Å²) >= 11 is 6.09. The lowest BCUT2D eigenvalue weighted by Gasteiger charge is -2.17. The Balaban J connectivity index is 2.15. The minimum absolute atomic E-state index is 0.0853. The number of rotatable bonds is 4. The van der Waals surface area contributed by atoms with E-state index in [1.54, 1.807) is 0 Å². The van der Waals surface area contributed by atoms with E-state index in [0.29, 0.717) is 22.5 Å². The maximum absolute atomic E-state index is 12.5. The van der Waals surface area contributed by atoms with Gasteiger partial charge in [0.25, 0.3) is 5.91 Å². The Labute approximate surface area is 124 Å². The molecule has 6 heteroatoms. The normalized spacial score (nSPS) is 18.9. The fraction of sp³-hybridized carbons (Fsp3) is 0.643. The minimum Gasteiger partial charge on any atom is -0.337 e. The van der Waals surface area contributed by atoms with Crippen LogP contribution in [0.2, 0.25) is 5.02 Å². The zero-order valence-electron chi connectivity index (χ0n) is 12.2. The molecule has 1 fully saturated rings. The van der Waals surface area contributed by atoms with Crippen molar-refractivity contribution in [1.29, 1.82) is 0 Å². The molecule has 20 heavy (non-hydrogen) atoms. The first kappa shape index (κ1) is 15.2. The number of nitrogens with zero attached hydrogens (tertiary/aromatic N) is 3. The van der Waals surface area contributed by atoms with Gasteiger partial charge in [-0.3, -0.25) is 4.79 Å². The molecule has 1 saturated heterocycles. The first-order valence-corrected chi connectivity index (χ1v) is 7.37. The van der Waals surface area contributed by atoms with Gasteiger partial charge in [0.05, 0.1) is 11.2 Å². The number of carbonyl (C=O) groups excluding carboxylic acids is 1. The summed E-state index contributed by atoms with van der Waals surface area (Å²) < 4.78 is 0. The van der Waals surface area contributed by atoms with Crippen LogP contribution in [-0.2, 0) is 0 Å². The summed E-state index contributed by atoms with van der Waals surface area (Å²) in [5.41, 5.74) is 0.329. The van der Waals surface area contributed by atoms with Crippen LogP contribution in [0.5, 0.6) is 0 Å². The molecule has 1 aliphatic heterocycles. The van der Waals surface area contributed by atoms with Crippen LogP contribution in [0.4, 0.5) is 0 Å².